The van der Waals surface area contributed by atoms with Gasteiger partial charge in [0.15, 0.2) is 0 Å². The Morgan fingerprint density at radius 3 is 2.75 bits per heavy atom. The van der Waals surface area contributed by atoms with E-state index in [0.29, 0.717) is 5.56 Å². The molecule has 0 radical (unpaired) electrons. The number of hydrogen-bond acceptors (Lipinski definition) is 2. The van der Waals surface area contributed by atoms with Crippen LogP contribution in [0.2, 0.25) is 0 Å². The van der Waals surface area contributed by atoms with Crippen molar-refractivity contribution in [1.82, 2.24) is 4.98 Å². The van der Waals surface area contributed by atoms with E-state index >= 15 is 0 Å². The molecule has 0 fully saturated rings. The van der Waals surface area contributed by atoms with Crippen LogP contribution in [0.5, 0.6) is 0 Å². The summed E-state index contributed by atoms with van der Waals surface area (Å²) in [5.41, 5.74) is 1.65. The van der Waals surface area contributed by atoms with Crippen molar-refractivity contribution < 1.29 is 4.79 Å². The quantitative estimate of drug-likeness (QED) is 0.453. The van der Waals surface area contributed by atoms with Crippen LogP contribution >= 0.6 is 0 Å². The third-order valence-corrected chi connectivity index (χ3v) is 2.75. The van der Waals surface area contributed by atoms with Crippen molar-refractivity contribution in [3.05, 3.63) is 54.2 Å². The normalized spacial score (nSPS) is 10.8. The summed E-state index contributed by atoms with van der Waals surface area (Å²) in [6.07, 6.45) is 2.71. The van der Waals surface area contributed by atoms with Crippen LogP contribution in [0.3, 0.4) is 0 Å². The Hall–Kier alpha value is -2.22. The minimum absolute atomic E-state index is 0.698. The predicted molar refractivity (Wildman–Crippen MR) is 64.6 cm³/mol. The Bertz CT molecular complexity index is 688. The third kappa shape index (κ3) is 1.27. The Kier molecular flexibility index (Phi) is 1.93. The maximum Gasteiger partial charge on any atom is 0.150 e. The van der Waals surface area contributed by atoms with Gasteiger partial charge in [0, 0.05) is 22.5 Å². The van der Waals surface area contributed by atoms with Gasteiger partial charge in [-0.15, -0.1) is 0 Å². The number of hydrogen-bond donors (Lipinski definition) is 0. The van der Waals surface area contributed by atoms with Crippen LogP contribution in [-0.2, 0) is 0 Å². The summed E-state index contributed by atoms with van der Waals surface area (Å²) in [4.78, 5) is 15.1. The molecule has 0 atom stereocenters. The topological polar surface area (TPSA) is 30.0 Å². The molecule has 1 aromatic heterocycles. The Morgan fingerprint density at radius 1 is 1.00 bits per heavy atom. The van der Waals surface area contributed by atoms with Crippen LogP contribution < -0.4 is 0 Å². The van der Waals surface area contributed by atoms with Gasteiger partial charge in [-0.2, -0.15) is 0 Å². The molecule has 3 aromatic rings. The Balaban J connectivity index is 2.52. The molecule has 0 spiro atoms. The smallest absolute Gasteiger partial charge is 0.150 e. The average molecular weight is 207 g/mol. The average Bonchev–Trinajstić information content (AvgIpc) is 2.38. The molecule has 2 heteroatoms. The zero-order valence-electron chi connectivity index (χ0n) is 8.55. The van der Waals surface area contributed by atoms with Gasteiger partial charge in [-0.25, -0.2) is 0 Å². The lowest BCUT2D eigenvalue weighted by molar-refractivity contribution is 0.112. The molecule has 16 heavy (non-hydrogen) atoms. The van der Waals surface area contributed by atoms with Gasteiger partial charge in [0.25, 0.3) is 0 Å². The lowest BCUT2D eigenvalue weighted by Crippen LogP contribution is -1.84. The number of nitrogens with zero attached hydrogens (tertiary/aromatic N) is 1. The van der Waals surface area contributed by atoms with Gasteiger partial charge in [0.1, 0.15) is 6.29 Å². The fourth-order valence-electron chi connectivity index (χ4n) is 1.95. The standard InChI is InChI=1S/C14H9NO/c16-9-10-5-6-11-8-15-14-4-2-1-3-12(14)13(11)7-10/h1-9H. The summed E-state index contributed by atoms with van der Waals surface area (Å²) in [5, 5.41) is 3.23. The molecular weight excluding hydrogens is 198 g/mol. The molecule has 0 N–H and O–H groups in total. The highest BCUT2D eigenvalue weighted by Crippen LogP contribution is 2.23. The van der Waals surface area contributed by atoms with Crippen LogP contribution in [0, 0.1) is 0 Å². The van der Waals surface area contributed by atoms with Crippen LogP contribution in [0.25, 0.3) is 21.7 Å². The van der Waals surface area contributed by atoms with Crippen molar-refractivity contribution in [3.63, 3.8) is 0 Å². The van der Waals surface area contributed by atoms with E-state index < -0.39 is 0 Å². The van der Waals surface area contributed by atoms with E-state index in [2.05, 4.69) is 4.98 Å². The second-order valence-corrected chi connectivity index (χ2v) is 3.74. The fraction of sp³-hybridized carbons (Fsp3) is 0. The maximum atomic E-state index is 10.8. The summed E-state index contributed by atoms with van der Waals surface area (Å²) in [6, 6.07) is 13.6. The number of carbonyl (C=O) groups is 1. The summed E-state index contributed by atoms with van der Waals surface area (Å²) < 4.78 is 0. The summed E-state index contributed by atoms with van der Waals surface area (Å²) in [6.45, 7) is 0. The molecule has 0 aliphatic heterocycles. The lowest BCUT2D eigenvalue weighted by atomic mass is 10.0. The van der Waals surface area contributed by atoms with Gasteiger partial charge in [-0.1, -0.05) is 30.3 Å². The molecule has 2 aromatic carbocycles. The number of pyridine rings is 1. The van der Waals surface area contributed by atoms with E-state index in [1.165, 1.54) is 0 Å². The molecule has 0 saturated carbocycles. The second-order valence-electron chi connectivity index (χ2n) is 3.74. The van der Waals surface area contributed by atoms with Gasteiger partial charge in [0.05, 0.1) is 5.52 Å². The van der Waals surface area contributed by atoms with Crippen molar-refractivity contribution in [1.29, 1.82) is 0 Å². The molecule has 0 amide bonds. The number of rotatable bonds is 1. The largest absolute Gasteiger partial charge is 0.298 e. The molecule has 0 saturated heterocycles. The minimum Gasteiger partial charge on any atom is -0.298 e. The number of aromatic nitrogens is 1. The number of carbonyl (C=O) groups excluding carboxylic acids is 1. The van der Waals surface area contributed by atoms with E-state index in [1.807, 2.05) is 48.7 Å². The monoisotopic (exact) mass is 207 g/mol. The highest BCUT2D eigenvalue weighted by molar-refractivity contribution is 6.06. The number of benzene rings is 2. The highest BCUT2D eigenvalue weighted by Gasteiger charge is 2.01. The highest BCUT2D eigenvalue weighted by atomic mass is 16.1. The molecule has 3 rings (SSSR count). The molecule has 2 nitrogen and oxygen atoms in total. The predicted octanol–water partition coefficient (Wildman–Crippen LogP) is 3.20. The first-order valence-corrected chi connectivity index (χ1v) is 5.11. The third-order valence-electron chi connectivity index (χ3n) is 2.75. The zero-order chi connectivity index (χ0) is 11.0. The zero-order valence-corrected chi connectivity index (χ0v) is 8.55. The van der Waals surface area contributed by atoms with Crippen molar-refractivity contribution in [2.75, 3.05) is 0 Å². The van der Waals surface area contributed by atoms with Crippen LogP contribution in [0.15, 0.2) is 48.7 Å². The van der Waals surface area contributed by atoms with Gasteiger partial charge in [0.2, 0.25) is 0 Å². The first-order chi connectivity index (χ1) is 7.88. The van der Waals surface area contributed by atoms with Crippen LogP contribution in [0.4, 0.5) is 0 Å². The number of fused-ring (bicyclic) bond motifs is 3. The maximum absolute atomic E-state index is 10.8. The fourth-order valence-corrected chi connectivity index (χ4v) is 1.95. The molecule has 76 valence electrons. The van der Waals surface area contributed by atoms with Crippen LogP contribution in [-0.4, -0.2) is 11.3 Å². The Morgan fingerprint density at radius 2 is 1.88 bits per heavy atom. The SMILES string of the molecule is O=Cc1ccc2cnc3ccccc3c2c1. The van der Waals surface area contributed by atoms with Gasteiger partial charge < -0.3 is 0 Å². The number of aldehydes is 1. The molecule has 0 aliphatic carbocycles. The van der Waals surface area contributed by atoms with Crippen LogP contribution in [0.1, 0.15) is 10.4 Å². The van der Waals surface area contributed by atoms with E-state index in [-0.39, 0.29) is 0 Å². The lowest BCUT2D eigenvalue weighted by Gasteiger charge is -2.03. The van der Waals surface area contributed by atoms with Crippen molar-refractivity contribution in [2.45, 2.75) is 0 Å². The molecule has 0 unspecified atom stereocenters. The van der Waals surface area contributed by atoms with Crippen molar-refractivity contribution >= 4 is 28.0 Å². The number of para-hydroxylation sites is 1. The van der Waals surface area contributed by atoms with Gasteiger partial charge in [-0.05, 0) is 17.5 Å². The first-order valence-electron chi connectivity index (χ1n) is 5.11. The van der Waals surface area contributed by atoms with E-state index in [4.69, 9.17) is 0 Å². The Labute approximate surface area is 92.5 Å². The summed E-state index contributed by atoms with van der Waals surface area (Å²) >= 11 is 0. The van der Waals surface area contributed by atoms with E-state index in [0.717, 1.165) is 28.0 Å². The van der Waals surface area contributed by atoms with Gasteiger partial charge in [-0.3, -0.25) is 9.78 Å². The molecular formula is C14H9NO. The second kappa shape index (κ2) is 3.42. The summed E-state index contributed by atoms with van der Waals surface area (Å²) in [5.74, 6) is 0. The minimum atomic E-state index is 0.698. The van der Waals surface area contributed by atoms with E-state index in [1.54, 1.807) is 0 Å². The molecule has 0 aliphatic rings. The molecule has 0 bridgehead atoms. The van der Waals surface area contributed by atoms with Crippen molar-refractivity contribution in [2.24, 2.45) is 0 Å². The van der Waals surface area contributed by atoms with E-state index in [9.17, 15) is 4.79 Å². The molecule has 1 heterocycles. The van der Waals surface area contributed by atoms with Crippen molar-refractivity contribution in [3.8, 4) is 0 Å². The first kappa shape index (κ1) is 9.04. The van der Waals surface area contributed by atoms with Gasteiger partial charge >= 0.3 is 0 Å². The summed E-state index contributed by atoms with van der Waals surface area (Å²) in [7, 11) is 0.